The molecule has 2 aromatic carbocycles. The molecule has 0 aromatic heterocycles. The van der Waals surface area contributed by atoms with Crippen molar-refractivity contribution in [3.8, 4) is 0 Å². The number of nitrogens with zero attached hydrogens (tertiary/aromatic N) is 1. The third-order valence-corrected chi connectivity index (χ3v) is 5.68. The Bertz CT molecular complexity index is 933. The van der Waals surface area contributed by atoms with Gasteiger partial charge in [0.1, 0.15) is 5.82 Å². The first-order chi connectivity index (χ1) is 12.1. The van der Waals surface area contributed by atoms with Gasteiger partial charge in [-0.15, -0.1) is 0 Å². The lowest BCUT2D eigenvalue weighted by Crippen LogP contribution is -2.24. The molecule has 2 aromatic rings. The van der Waals surface area contributed by atoms with Crippen molar-refractivity contribution in [2.24, 2.45) is 0 Å². The number of amides is 1. The molecular formula is C17H19ClFN3O3S. The predicted molar refractivity (Wildman–Crippen MR) is 101 cm³/mol. The molecule has 6 nitrogen and oxygen atoms in total. The molecule has 0 saturated carbocycles. The monoisotopic (exact) mass is 399 g/mol. The summed E-state index contributed by atoms with van der Waals surface area (Å²) in [5.74, 6) is -1.09. The SMILES string of the molecule is Cc1ccc(S(=O)(=O)N(C)C)cc1NCC(=O)Nc1cc(Cl)ccc1F. The van der Waals surface area contributed by atoms with Gasteiger partial charge in [0.15, 0.2) is 0 Å². The summed E-state index contributed by atoms with van der Waals surface area (Å²) in [5, 5.41) is 5.58. The summed E-state index contributed by atoms with van der Waals surface area (Å²) >= 11 is 5.79. The minimum Gasteiger partial charge on any atom is -0.376 e. The molecule has 26 heavy (non-hydrogen) atoms. The Morgan fingerprint density at radius 1 is 1.15 bits per heavy atom. The molecule has 2 rings (SSSR count). The molecule has 140 valence electrons. The van der Waals surface area contributed by atoms with Crippen molar-refractivity contribution < 1.29 is 17.6 Å². The van der Waals surface area contributed by atoms with Gasteiger partial charge in [-0.05, 0) is 42.8 Å². The van der Waals surface area contributed by atoms with Crippen LogP contribution in [-0.2, 0) is 14.8 Å². The number of anilines is 2. The van der Waals surface area contributed by atoms with E-state index in [2.05, 4.69) is 10.6 Å². The first-order valence-electron chi connectivity index (χ1n) is 7.63. The number of hydrogen-bond donors (Lipinski definition) is 2. The van der Waals surface area contributed by atoms with Crippen molar-refractivity contribution in [3.63, 3.8) is 0 Å². The van der Waals surface area contributed by atoms with Crippen LogP contribution in [0.3, 0.4) is 0 Å². The van der Waals surface area contributed by atoms with Crippen molar-refractivity contribution in [1.82, 2.24) is 4.31 Å². The van der Waals surface area contributed by atoms with E-state index >= 15 is 0 Å². The highest BCUT2D eigenvalue weighted by molar-refractivity contribution is 7.89. The van der Waals surface area contributed by atoms with Gasteiger partial charge in [-0.2, -0.15) is 0 Å². The van der Waals surface area contributed by atoms with E-state index in [0.29, 0.717) is 10.7 Å². The molecule has 0 aliphatic carbocycles. The van der Waals surface area contributed by atoms with Crippen LogP contribution >= 0.6 is 11.6 Å². The van der Waals surface area contributed by atoms with E-state index in [-0.39, 0.29) is 17.1 Å². The fraction of sp³-hybridized carbons (Fsp3) is 0.235. The van der Waals surface area contributed by atoms with Crippen molar-refractivity contribution >= 4 is 38.9 Å². The largest absolute Gasteiger partial charge is 0.376 e. The molecule has 9 heteroatoms. The standard InChI is InChI=1S/C17H19ClFN3O3S/c1-11-4-6-13(26(24,25)22(2)3)9-15(11)20-10-17(23)21-16-8-12(18)5-7-14(16)19/h4-9,20H,10H2,1-3H3,(H,21,23). The van der Waals surface area contributed by atoms with Gasteiger partial charge in [0.25, 0.3) is 0 Å². The summed E-state index contributed by atoms with van der Waals surface area (Å²) < 4.78 is 39.2. The first kappa shape index (κ1) is 20.2. The maximum atomic E-state index is 13.7. The molecule has 0 heterocycles. The quantitative estimate of drug-likeness (QED) is 0.782. The fourth-order valence-corrected chi connectivity index (χ4v) is 3.23. The normalized spacial score (nSPS) is 11.5. The number of carbonyl (C=O) groups excluding carboxylic acids is 1. The highest BCUT2D eigenvalue weighted by atomic mass is 35.5. The van der Waals surface area contributed by atoms with Crippen molar-refractivity contribution in [3.05, 3.63) is 52.8 Å². The summed E-state index contributed by atoms with van der Waals surface area (Å²) in [6.07, 6.45) is 0. The Hall–Kier alpha value is -2.16. The molecular weight excluding hydrogens is 381 g/mol. The van der Waals surface area contributed by atoms with Crippen LogP contribution in [0.15, 0.2) is 41.3 Å². The van der Waals surface area contributed by atoms with Crippen LogP contribution in [0.4, 0.5) is 15.8 Å². The number of nitrogens with one attached hydrogen (secondary N) is 2. The van der Waals surface area contributed by atoms with Crippen LogP contribution in [0.2, 0.25) is 5.02 Å². The molecule has 1 amide bonds. The molecule has 0 saturated heterocycles. The van der Waals surface area contributed by atoms with Crippen molar-refractivity contribution in [2.45, 2.75) is 11.8 Å². The van der Waals surface area contributed by atoms with Crippen LogP contribution in [-0.4, -0.2) is 39.3 Å². The number of hydrogen-bond acceptors (Lipinski definition) is 4. The molecule has 0 unspecified atom stereocenters. The highest BCUT2D eigenvalue weighted by Gasteiger charge is 2.18. The van der Waals surface area contributed by atoms with Gasteiger partial charge in [-0.25, -0.2) is 17.1 Å². The Labute approximate surface area is 157 Å². The fourth-order valence-electron chi connectivity index (χ4n) is 2.13. The highest BCUT2D eigenvalue weighted by Crippen LogP contribution is 2.22. The average molecular weight is 400 g/mol. The number of benzene rings is 2. The predicted octanol–water partition coefficient (Wildman–Crippen LogP) is 3.09. The Morgan fingerprint density at radius 2 is 1.85 bits per heavy atom. The zero-order valence-corrected chi connectivity index (χ0v) is 16.1. The van der Waals surface area contributed by atoms with Gasteiger partial charge in [0, 0.05) is 24.8 Å². The lowest BCUT2D eigenvalue weighted by Gasteiger charge is -2.15. The molecule has 0 fully saturated rings. The summed E-state index contributed by atoms with van der Waals surface area (Å²) in [6.45, 7) is 1.61. The number of sulfonamides is 1. The molecule has 0 atom stereocenters. The second-order valence-corrected chi connectivity index (χ2v) is 8.38. The molecule has 0 bridgehead atoms. The van der Waals surface area contributed by atoms with Gasteiger partial charge in [0.2, 0.25) is 15.9 Å². The van der Waals surface area contributed by atoms with Gasteiger partial charge < -0.3 is 10.6 Å². The van der Waals surface area contributed by atoms with Gasteiger partial charge in [-0.3, -0.25) is 4.79 Å². The van der Waals surface area contributed by atoms with Crippen molar-refractivity contribution in [2.75, 3.05) is 31.3 Å². The maximum absolute atomic E-state index is 13.7. The third kappa shape index (κ3) is 4.72. The van der Waals surface area contributed by atoms with Gasteiger partial charge in [-0.1, -0.05) is 17.7 Å². The second kappa shape index (κ2) is 8.03. The minimum absolute atomic E-state index is 0.0232. The van der Waals surface area contributed by atoms with Crippen LogP contribution in [0.25, 0.3) is 0 Å². The lowest BCUT2D eigenvalue weighted by molar-refractivity contribution is -0.114. The van der Waals surface area contributed by atoms with Crippen LogP contribution < -0.4 is 10.6 Å². The smallest absolute Gasteiger partial charge is 0.243 e. The molecule has 0 aliphatic rings. The zero-order chi connectivity index (χ0) is 19.5. The van der Waals surface area contributed by atoms with E-state index in [9.17, 15) is 17.6 Å². The van der Waals surface area contributed by atoms with E-state index in [1.54, 1.807) is 13.0 Å². The van der Waals surface area contributed by atoms with Gasteiger partial charge >= 0.3 is 0 Å². The molecule has 2 N–H and O–H groups in total. The number of carbonyl (C=O) groups is 1. The van der Waals surface area contributed by atoms with E-state index in [1.807, 2.05) is 0 Å². The van der Waals surface area contributed by atoms with Crippen molar-refractivity contribution in [1.29, 1.82) is 0 Å². The number of halogens is 2. The van der Waals surface area contributed by atoms with E-state index in [1.165, 1.54) is 38.4 Å². The third-order valence-electron chi connectivity index (χ3n) is 3.63. The number of aryl methyl sites for hydroxylation is 1. The minimum atomic E-state index is -3.59. The summed E-state index contributed by atoms with van der Waals surface area (Å²) in [5.41, 5.74) is 1.24. The Morgan fingerprint density at radius 3 is 2.50 bits per heavy atom. The van der Waals surface area contributed by atoms with Crippen LogP contribution in [0.1, 0.15) is 5.56 Å². The van der Waals surface area contributed by atoms with Crippen LogP contribution in [0.5, 0.6) is 0 Å². The van der Waals surface area contributed by atoms with Crippen LogP contribution in [0, 0.1) is 12.7 Å². The topological polar surface area (TPSA) is 78.5 Å². The summed E-state index contributed by atoms with van der Waals surface area (Å²) in [7, 11) is -0.706. The average Bonchev–Trinajstić information content (AvgIpc) is 2.57. The second-order valence-electron chi connectivity index (χ2n) is 5.79. The lowest BCUT2D eigenvalue weighted by atomic mass is 10.2. The van der Waals surface area contributed by atoms with E-state index in [4.69, 9.17) is 11.6 Å². The maximum Gasteiger partial charge on any atom is 0.243 e. The Kier molecular flexibility index (Phi) is 6.22. The molecule has 0 aliphatic heterocycles. The van der Waals surface area contributed by atoms with E-state index < -0.39 is 21.7 Å². The zero-order valence-electron chi connectivity index (χ0n) is 14.5. The number of rotatable bonds is 6. The first-order valence-corrected chi connectivity index (χ1v) is 9.45. The van der Waals surface area contributed by atoms with E-state index in [0.717, 1.165) is 15.9 Å². The molecule has 0 radical (unpaired) electrons. The van der Waals surface area contributed by atoms with Gasteiger partial charge in [0.05, 0.1) is 17.1 Å². The summed E-state index contributed by atoms with van der Waals surface area (Å²) in [6, 6.07) is 8.45. The molecule has 0 spiro atoms. The summed E-state index contributed by atoms with van der Waals surface area (Å²) in [4.78, 5) is 12.1. The Balaban J connectivity index is 2.11.